The Kier molecular flexibility index (Phi) is 3.61. The summed E-state index contributed by atoms with van der Waals surface area (Å²) >= 11 is 0. The minimum Gasteiger partial charge on any atom is -0.508 e. The van der Waals surface area contributed by atoms with Crippen LogP contribution in [0.15, 0.2) is 24.3 Å². The highest BCUT2D eigenvalue weighted by molar-refractivity contribution is 5.82. The number of rotatable bonds is 3. The van der Waals surface area contributed by atoms with Crippen molar-refractivity contribution >= 4 is 5.91 Å². The average Bonchev–Trinajstić information content (AvgIpc) is 2.33. The lowest BCUT2D eigenvalue weighted by Crippen LogP contribution is -2.48. The number of carbonyl (C=O) groups is 1. The van der Waals surface area contributed by atoms with Gasteiger partial charge in [0.25, 0.3) is 0 Å². The van der Waals surface area contributed by atoms with Gasteiger partial charge in [-0.3, -0.25) is 9.69 Å². The molecule has 1 atom stereocenters. The largest absolute Gasteiger partial charge is 0.508 e. The van der Waals surface area contributed by atoms with Crippen molar-refractivity contribution in [3.05, 3.63) is 29.8 Å². The summed E-state index contributed by atoms with van der Waals surface area (Å²) < 4.78 is 0. The number of primary amides is 1. The van der Waals surface area contributed by atoms with Crippen LogP contribution in [0.3, 0.4) is 0 Å². The van der Waals surface area contributed by atoms with Gasteiger partial charge >= 0.3 is 0 Å². The smallest absolute Gasteiger partial charge is 0.239 e. The van der Waals surface area contributed by atoms with Gasteiger partial charge in [-0.1, -0.05) is 18.2 Å². The van der Waals surface area contributed by atoms with Gasteiger partial charge in [0, 0.05) is 31.7 Å². The molecule has 1 fully saturated rings. The maximum absolute atomic E-state index is 11.6. The van der Waals surface area contributed by atoms with E-state index in [0.29, 0.717) is 5.56 Å². The van der Waals surface area contributed by atoms with Gasteiger partial charge in [0.05, 0.1) is 0 Å². The maximum Gasteiger partial charge on any atom is 0.239 e. The van der Waals surface area contributed by atoms with E-state index in [9.17, 15) is 9.90 Å². The van der Waals surface area contributed by atoms with Crippen LogP contribution in [0.25, 0.3) is 0 Å². The van der Waals surface area contributed by atoms with Gasteiger partial charge in [0.1, 0.15) is 11.8 Å². The second-order valence-electron chi connectivity index (χ2n) is 4.15. The highest BCUT2D eigenvalue weighted by Crippen LogP contribution is 2.28. The third-order valence-electron chi connectivity index (χ3n) is 3.02. The molecule has 1 aromatic carbocycles. The monoisotopic (exact) mass is 235 g/mol. The van der Waals surface area contributed by atoms with Crippen molar-refractivity contribution in [1.29, 1.82) is 0 Å². The Morgan fingerprint density at radius 2 is 2.00 bits per heavy atom. The van der Waals surface area contributed by atoms with Crippen LogP contribution in [-0.2, 0) is 4.79 Å². The molecule has 17 heavy (non-hydrogen) atoms. The van der Waals surface area contributed by atoms with E-state index in [0.717, 1.165) is 26.2 Å². The first-order chi connectivity index (χ1) is 8.20. The molecule has 0 spiro atoms. The van der Waals surface area contributed by atoms with Gasteiger partial charge in [-0.2, -0.15) is 0 Å². The van der Waals surface area contributed by atoms with Crippen LogP contribution in [0, 0.1) is 0 Å². The Morgan fingerprint density at radius 1 is 1.35 bits per heavy atom. The zero-order valence-electron chi connectivity index (χ0n) is 9.60. The molecule has 5 nitrogen and oxygen atoms in total. The van der Waals surface area contributed by atoms with Gasteiger partial charge in [-0.25, -0.2) is 0 Å². The Labute approximate surface area is 100 Å². The number of hydrogen-bond acceptors (Lipinski definition) is 4. The van der Waals surface area contributed by atoms with Crippen molar-refractivity contribution in [2.75, 3.05) is 26.2 Å². The summed E-state index contributed by atoms with van der Waals surface area (Å²) in [4.78, 5) is 13.6. The van der Waals surface area contributed by atoms with Gasteiger partial charge in [0.15, 0.2) is 0 Å². The van der Waals surface area contributed by atoms with Crippen molar-refractivity contribution in [3.63, 3.8) is 0 Å². The number of amides is 1. The predicted molar refractivity (Wildman–Crippen MR) is 64.5 cm³/mol. The van der Waals surface area contributed by atoms with Crippen molar-refractivity contribution < 1.29 is 9.90 Å². The molecule has 5 heteroatoms. The minimum atomic E-state index is -0.543. The fraction of sp³-hybridized carbons (Fsp3) is 0.417. The number of aromatic hydroxyl groups is 1. The SMILES string of the molecule is NC(=O)C(c1ccccc1O)N1CCNCC1. The number of para-hydroxylation sites is 1. The van der Waals surface area contributed by atoms with Crippen molar-refractivity contribution in [2.24, 2.45) is 5.73 Å². The molecule has 4 N–H and O–H groups in total. The molecule has 1 aromatic rings. The van der Waals surface area contributed by atoms with Gasteiger partial charge in [-0.05, 0) is 6.07 Å². The molecule has 1 amide bonds. The van der Waals surface area contributed by atoms with Crippen LogP contribution < -0.4 is 11.1 Å². The minimum absolute atomic E-state index is 0.120. The number of nitrogens with two attached hydrogens (primary N) is 1. The van der Waals surface area contributed by atoms with E-state index in [4.69, 9.17) is 5.73 Å². The third-order valence-corrected chi connectivity index (χ3v) is 3.02. The van der Waals surface area contributed by atoms with Crippen molar-refractivity contribution in [2.45, 2.75) is 6.04 Å². The Bertz CT molecular complexity index is 402. The van der Waals surface area contributed by atoms with E-state index in [1.807, 2.05) is 4.90 Å². The second-order valence-corrected chi connectivity index (χ2v) is 4.15. The molecular weight excluding hydrogens is 218 g/mol. The Balaban J connectivity index is 2.28. The standard InChI is InChI=1S/C12H17N3O2/c13-12(17)11(15-7-5-14-6-8-15)9-3-1-2-4-10(9)16/h1-4,11,14,16H,5-8H2,(H2,13,17). The summed E-state index contributed by atoms with van der Waals surface area (Å²) in [5, 5.41) is 13.0. The van der Waals surface area contributed by atoms with Crippen LogP contribution in [0.4, 0.5) is 0 Å². The first-order valence-corrected chi connectivity index (χ1v) is 5.72. The normalized spacial score (nSPS) is 18.8. The van der Waals surface area contributed by atoms with Gasteiger partial charge in [-0.15, -0.1) is 0 Å². The van der Waals surface area contributed by atoms with Crippen molar-refractivity contribution in [3.8, 4) is 5.75 Å². The second kappa shape index (κ2) is 5.16. The topological polar surface area (TPSA) is 78.6 Å². The number of carbonyl (C=O) groups excluding carboxylic acids is 1. The van der Waals surface area contributed by atoms with Crippen LogP contribution >= 0.6 is 0 Å². The van der Waals surface area contributed by atoms with E-state index >= 15 is 0 Å². The number of piperazine rings is 1. The highest BCUT2D eigenvalue weighted by Gasteiger charge is 2.28. The van der Waals surface area contributed by atoms with Gasteiger partial charge < -0.3 is 16.2 Å². The first-order valence-electron chi connectivity index (χ1n) is 5.72. The molecular formula is C12H17N3O2. The molecule has 1 aliphatic heterocycles. The summed E-state index contributed by atoms with van der Waals surface area (Å²) in [5.74, 6) is -0.303. The quantitative estimate of drug-likeness (QED) is 0.679. The maximum atomic E-state index is 11.6. The van der Waals surface area contributed by atoms with Crippen molar-refractivity contribution in [1.82, 2.24) is 10.2 Å². The molecule has 0 aliphatic carbocycles. The molecule has 0 saturated carbocycles. The number of phenols is 1. The molecule has 1 unspecified atom stereocenters. The lowest BCUT2D eigenvalue weighted by atomic mass is 10.0. The zero-order chi connectivity index (χ0) is 12.3. The molecule has 1 saturated heterocycles. The zero-order valence-corrected chi connectivity index (χ0v) is 9.60. The Morgan fingerprint density at radius 3 is 2.59 bits per heavy atom. The lowest BCUT2D eigenvalue weighted by molar-refractivity contribution is -0.123. The number of nitrogens with one attached hydrogen (secondary N) is 1. The van der Waals surface area contributed by atoms with E-state index < -0.39 is 11.9 Å². The predicted octanol–water partition coefficient (Wildman–Crippen LogP) is -0.176. The van der Waals surface area contributed by atoms with E-state index in [1.54, 1.807) is 24.3 Å². The van der Waals surface area contributed by atoms with Crippen LogP contribution in [0.2, 0.25) is 0 Å². The molecule has 0 bridgehead atoms. The number of hydrogen-bond donors (Lipinski definition) is 3. The molecule has 1 heterocycles. The summed E-state index contributed by atoms with van der Waals surface area (Å²) in [6.07, 6.45) is 0. The Hall–Kier alpha value is -1.59. The summed E-state index contributed by atoms with van der Waals surface area (Å²) in [6, 6.07) is 6.31. The fourth-order valence-electron chi connectivity index (χ4n) is 2.19. The van der Waals surface area contributed by atoms with E-state index in [-0.39, 0.29) is 5.75 Å². The fourth-order valence-corrected chi connectivity index (χ4v) is 2.19. The molecule has 0 aromatic heterocycles. The third kappa shape index (κ3) is 2.57. The van der Waals surface area contributed by atoms with Crippen LogP contribution in [0.1, 0.15) is 11.6 Å². The highest BCUT2D eigenvalue weighted by atomic mass is 16.3. The summed E-state index contributed by atoms with van der Waals surface area (Å²) in [5.41, 5.74) is 6.04. The summed E-state index contributed by atoms with van der Waals surface area (Å²) in [6.45, 7) is 3.17. The van der Waals surface area contributed by atoms with Crippen LogP contribution in [0.5, 0.6) is 5.75 Å². The van der Waals surface area contributed by atoms with Gasteiger partial charge in [0.2, 0.25) is 5.91 Å². The summed E-state index contributed by atoms with van der Waals surface area (Å²) in [7, 11) is 0. The number of phenolic OH excluding ortho intramolecular Hbond substituents is 1. The average molecular weight is 235 g/mol. The molecule has 1 aliphatic rings. The molecule has 0 radical (unpaired) electrons. The van der Waals surface area contributed by atoms with E-state index in [2.05, 4.69) is 5.32 Å². The van der Waals surface area contributed by atoms with Crippen LogP contribution in [-0.4, -0.2) is 42.1 Å². The molecule has 2 rings (SSSR count). The van der Waals surface area contributed by atoms with E-state index in [1.165, 1.54) is 0 Å². The number of nitrogens with zero attached hydrogens (tertiary/aromatic N) is 1. The molecule has 92 valence electrons. The lowest BCUT2D eigenvalue weighted by Gasteiger charge is -2.33. The first kappa shape index (κ1) is 11.9. The number of benzene rings is 1.